The number of nitrogens with one attached hydrogen (secondary N) is 1. The lowest BCUT2D eigenvalue weighted by Crippen LogP contribution is -2.44. The predicted octanol–water partition coefficient (Wildman–Crippen LogP) is 1.95. The topological polar surface area (TPSA) is 77.3 Å². The van der Waals surface area contributed by atoms with E-state index in [-0.39, 0.29) is 5.91 Å². The minimum Gasteiger partial charge on any atom is -0.365 e. The summed E-state index contributed by atoms with van der Waals surface area (Å²) in [6.45, 7) is 3.03. The van der Waals surface area contributed by atoms with Crippen LogP contribution in [0.3, 0.4) is 0 Å². The van der Waals surface area contributed by atoms with Crippen LogP contribution in [0.5, 0.6) is 0 Å². The van der Waals surface area contributed by atoms with Gasteiger partial charge in [-0.15, -0.1) is 0 Å². The third-order valence-corrected chi connectivity index (χ3v) is 4.52. The average Bonchev–Trinajstić information content (AvgIpc) is 3.19. The van der Waals surface area contributed by atoms with Crippen molar-refractivity contribution < 1.29 is 14.1 Å². The Morgan fingerprint density at radius 3 is 2.90 bits per heavy atom. The number of carbonyl (C=O) groups is 1. The SMILES string of the molecule is C[C@@]1(C(=O)NCCc2noc(C3CCCC3)n2)CCCO1. The average molecular weight is 293 g/mol. The van der Waals surface area contributed by atoms with Gasteiger partial charge in [0, 0.05) is 25.5 Å². The molecule has 6 nitrogen and oxygen atoms in total. The summed E-state index contributed by atoms with van der Waals surface area (Å²) in [5, 5.41) is 6.91. The first-order chi connectivity index (χ1) is 10.2. The summed E-state index contributed by atoms with van der Waals surface area (Å²) in [6, 6.07) is 0. The van der Waals surface area contributed by atoms with E-state index in [0.29, 0.717) is 31.3 Å². The van der Waals surface area contributed by atoms with Crippen molar-refractivity contribution in [2.24, 2.45) is 0 Å². The van der Waals surface area contributed by atoms with E-state index in [2.05, 4.69) is 15.5 Å². The van der Waals surface area contributed by atoms with Crippen molar-refractivity contribution in [2.75, 3.05) is 13.2 Å². The molecular weight excluding hydrogens is 270 g/mol. The molecule has 1 aromatic heterocycles. The Morgan fingerprint density at radius 2 is 2.19 bits per heavy atom. The third-order valence-electron chi connectivity index (χ3n) is 4.52. The van der Waals surface area contributed by atoms with Crippen molar-refractivity contribution in [2.45, 2.75) is 63.4 Å². The molecule has 0 unspecified atom stereocenters. The summed E-state index contributed by atoms with van der Waals surface area (Å²) >= 11 is 0. The standard InChI is InChI=1S/C15H23N3O3/c1-15(8-4-10-20-15)14(19)16-9-7-12-17-13(21-18-12)11-5-2-3-6-11/h11H,2-10H2,1H3,(H,16,19)/t15-/m0/s1. The Hall–Kier alpha value is -1.43. The predicted molar refractivity (Wildman–Crippen MR) is 75.8 cm³/mol. The Morgan fingerprint density at radius 1 is 1.38 bits per heavy atom. The van der Waals surface area contributed by atoms with Gasteiger partial charge in [-0.2, -0.15) is 4.98 Å². The molecule has 3 rings (SSSR count). The van der Waals surface area contributed by atoms with E-state index in [9.17, 15) is 4.79 Å². The summed E-state index contributed by atoms with van der Waals surface area (Å²) in [6.07, 6.45) is 7.11. The smallest absolute Gasteiger partial charge is 0.251 e. The Balaban J connectivity index is 1.46. The minimum atomic E-state index is -0.660. The van der Waals surface area contributed by atoms with Gasteiger partial charge in [0.2, 0.25) is 5.89 Å². The minimum absolute atomic E-state index is 0.0421. The molecule has 1 saturated carbocycles. The molecule has 0 bridgehead atoms. The van der Waals surface area contributed by atoms with Gasteiger partial charge >= 0.3 is 0 Å². The lowest BCUT2D eigenvalue weighted by molar-refractivity contribution is -0.139. The summed E-state index contributed by atoms with van der Waals surface area (Å²) in [4.78, 5) is 16.5. The van der Waals surface area contributed by atoms with Crippen LogP contribution in [0.2, 0.25) is 0 Å². The van der Waals surface area contributed by atoms with E-state index >= 15 is 0 Å². The van der Waals surface area contributed by atoms with E-state index in [0.717, 1.165) is 31.6 Å². The lowest BCUT2D eigenvalue weighted by Gasteiger charge is -2.21. The Bertz CT molecular complexity index is 488. The summed E-state index contributed by atoms with van der Waals surface area (Å²) in [5.41, 5.74) is -0.660. The van der Waals surface area contributed by atoms with Crippen LogP contribution < -0.4 is 5.32 Å². The number of hydrogen-bond donors (Lipinski definition) is 1. The normalized spacial score (nSPS) is 26.3. The van der Waals surface area contributed by atoms with Gasteiger partial charge in [-0.3, -0.25) is 4.79 Å². The highest BCUT2D eigenvalue weighted by atomic mass is 16.5. The fourth-order valence-corrected chi connectivity index (χ4v) is 3.14. The molecule has 1 N–H and O–H groups in total. The van der Waals surface area contributed by atoms with Gasteiger partial charge in [-0.1, -0.05) is 18.0 Å². The highest BCUT2D eigenvalue weighted by Crippen LogP contribution is 2.32. The molecule has 2 fully saturated rings. The maximum atomic E-state index is 12.1. The van der Waals surface area contributed by atoms with E-state index < -0.39 is 5.60 Å². The summed E-state index contributed by atoms with van der Waals surface area (Å²) in [5.74, 6) is 1.83. The van der Waals surface area contributed by atoms with Crippen molar-refractivity contribution in [3.05, 3.63) is 11.7 Å². The molecule has 21 heavy (non-hydrogen) atoms. The number of nitrogens with zero attached hydrogens (tertiary/aromatic N) is 2. The van der Waals surface area contributed by atoms with Gasteiger partial charge < -0.3 is 14.6 Å². The summed E-state index contributed by atoms with van der Waals surface area (Å²) in [7, 11) is 0. The highest BCUT2D eigenvalue weighted by Gasteiger charge is 2.37. The van der Waals surface area contributed by atoms with E-state index in [1.165, 1.54) is 12.8 Å². The first kappa shape index (κ1) is 14.5. The maximum Gasteiger partial charge on any atom is 0.251 e. The molecular formula is C15H23N3O3. The first-order valence-electron chi connectivity index (χ1n) is 7.92. The van der Waals surface area contributed by atoms with Crippen molar-refractivity contribution in [1.29, 1.82) is 0 Å². The van der Waals surface area contributed by atoms with Gasteiger partial charge in [0.15, 0.2) is 5.82 Å². The van der Waals surface area contributed by atoms with Gasteiger partial charge in [-0.25, -0.2) is 0 Å². The highest BCUT2D eigenvalue weighted by molar-refractivity contribution is 5.84. The van der Waals surface area contributed by atoms with Crippen LogP contribution in [0.25, 0.3) is 0 Å². The van der Waals surface area contributed by atoms with Crippen LogP contribution in [-0.2, 0) is 16.0 Å². The fourth-order valence-electron chi connectivity index (χ4n) is 3.14. The second-order valence-corrected chi connectivity index (χ2v) is 6.22. The number of hydrogen-bond acceptors (Lipinski definition) is 5. The Kier molecular flexibility index (Phi) is 4.24. The zero-order valence-corrected chi connectivity index (χ0v) is 12.6. The largest absolute Gasteiger partial charge is 0.365 e. The molecule has 2 heterocycles. The molecule has 1 amide bonds. The molecule has 0 spiro atoms. The van der Waals surface area contributed by atoms with E-state index in [4.69, 9.17) is 9.26 Å². The molecule has 1 aliphatic heterocycles. The fraction of sp³-hybridized carbons (Fsp3) is 0.800. The van der Waals surface area contributed by atoms with E-state index in [1.807, 2.05) is 6.92 Å². The van der Waals surface area contributed by atoms with Crippen LogP contribution in [0.15, 0.2) is 4.52 Å². The zero-order valence-electron chi connectivity index (χ0n) is 12.6. The molecule has 2 aliphatic rings. The van der Waals surface area contributed by atoms with Crippen LogP contribution in [-0.4, -0.2) is 34.8 Å². The van der Waals surface area contributed by atoms with Gasteiger partial charge in [-0.05, 0) is 32.6 Å². The molecule has 1 aliphatic carbocycles. The second-order valence-electron chi connectivity index (χ2n) is 6.22. The maximum absolute atomic E-state index is 12.1. The van der Waals surface area contributed by atoms with Crippen LogP contribution in [0.4, 0.5) is 0 Å². The number of carbonyl (C=O) groups excluding carboxylic acids is 1. The van der Waals surface area contributed by atoms with Crippen molar-refractivity contribution >= 4 is 5.91 Å². The molecule has 116 valence electrons. The molecule has 0 radical (unpaired) electrons. The van der Waals surface area contributed by atoms with Crippen LogP contribution >= 0.6 is 0 Å². The van der Waals surface area contributed by atoms with Gasteiger partial charge in [0.25, 0.3) is 5.91 Å². The number of ether oxygens (including phenoxy) is 1. The van der Waals surface area contributed by atoms with Crippen molar-refractivity contribution in [3.8, 4) is 0 Å². The van der Waals surface area contributed by atoms with Gasteiger partial charge in [0.05, 0.1) is 0 Å². The lowest BCUT2D eigenvalue weighted by atomic mass is 10.0. The van der Waals surface area contributed by atoms with Crippen LogP contribution in [0.1, 0.15) is 63.1 Å². The van der Waals surface area contributed by atoms with E-state index in [1.54, 1.807) is 0 Å². The Labute approximate surface area is 124 Å². The van der Waals surface area contributed by atoms with Crippen molar-refractivity contribution in [1.82, 2.24) is 15.5 Å². The molecule has 6 heteroatoms. The quantitative estimate of drug-likeness (QED) is 0.898. The third kappa shape index (κ3) is 3.26. The van der Waals surface area contributed by atoms with Gasteiger partial charge in [0.1, 0.15) is 5.60 Å². The summed E-state index contributed by atoms with van der Waals surface area (Å²) < 4.78 is 10.8. The number of amides is 1. The number of rotatable bonds is 5. The van der Waals surface area contributed by atoms with Crippen molar-refractivity contribution in [3.63, 3.8) is 0 Å². The van der Waals surface area contributed by atoms with Crippen LogP contribution in [0, 0.1) is 0 Å². The first-order valence-corrected chi connectivity index (χ1v) is 7.92. The second kappa shape index (κ2) is 6.13. The molecule has 1 aromatic rings. The molecule has 1 atom stereocenters. The monoisotopic (exact) mass is 293 g/mol. The molecule has 1 saturated heterocycles. The molecule has 0 aromatic carbocycles. The number of aromatic nitrogens is 2. The zero-order chi connectivity index (χ0) is 14.7.